The summed E-state index contributed by atoms with van der Waals surface area (Å²) in [4.78, 5) is 15.7. The van der Waals surface area contributed by atoms with Crippen LogP contribution in [0.2, 0.25) is 19.6 Å². The van der Waals surface area contributed by atoms with Crippen LogP contribution in [0.3, 0.4) is 0 Å². The number of benzene rings is 4. The van der Waals surface area contributed by atoms with Gasteiger partial charge in [-0.25, -0.2) is 14.5 Å². The first-order valence-corrected chi connectivity index (χ1v) is 19.9. The summed E-state index contributed by atoms with van der Waals surface area (Å²) in [6.45, 7) is 11.6. The number of hydrogen-bond donors (Lipinski definition) is 1. The van der Waals surface area contributed by atoms with Gasteiger partial charge >= 0.3 is 5.69 Å². The highest BCUT2D eigenvalue weighted by atomic mass is 28.3. The molecule has 48 heavy (non-hydrogen) atoms. The molecule has 1 aliphatic rings. The van der Waals surface area contributed by atoms with E-state index in [-0.39, 0.29) is 5.69 Å². The quantitative estimate of drug-likeness (QED) is 0.127. The third-order valence-electron chi connectivity index (χ3n) is 8.00. The molecule has 8 nitrogen and oxygen atoms in total. The second-order valence-electron chi connectivity index (χ2n) is 13.0. The fourth-order valence-electron chi connectivity index (χ4n) is 5.53. The molecule has 1 aliphatic heterocycles. The predicted octanol–water partition coefficient (Wildman–Crippen LogP) is 6.64. The number of nitrogens with zero attached hydrogens (tertiary/aromatic N) is 3. The Morgan fingerprint density at radius 2 is 1.44 bits per heavy atom. The maximum atomic E-state index is 13.3. The van der Waals surface area contributed by atoms with E-state index in [9.17, 15) is 4.79 Å². The van der Waals surface area contributed by atoms with Crippen LogP contribution in [0.5, 0.6) is 11.5 Å². The zero-order chi connectivity index (χ0) is 33.3. The van der Waals surface area contributed by atoms with E-state index in [0.717, 1.165) is 49.5 Å². The zero-order valence-electron chi connectivity index (χ0n) is 27.9. The average molecular weight is 659 g/mol. The Labute approximate surface area is 283 Å². The van der Waals surface area contributed by atoms with Crippen LogP contribution in [-0.2, 0) is 30.9 Å². The lowest BCUT2D eigenvalue weighted by Gasteiger charge is -2.26. The number of rotatable bonds is 11. The summed E-state index contributed by atoms with van der Waals surface area (Å²) < 4.78 is 20.0. The van der Waals surface area contributed by atoms with Crippen molar-refractivity contribution in [3.63, 3.8) is 0 Å². The van der Waals surface area contributed by atoms with Gasteiger partial charge in [0.2, 0.25) is 0 Å². The number of H-pyrrole nitrogens is 1. The molecular weight excluding hydrogens is 617 g/mol. The largest absolute Gasteiger partial charge is 0.488 e. The minimum Gasteiger partial charge on any atom is -0.488 e. The third kappa shape index (κ3) is 8.72. The molecule has 0 aliphatic carbocycles. The lowest BCUT2D eigenvalue weighted by atomic mass is 10.0. The van der Waals surface area contributed by atoms with Crippen LogP contribution >= 0.6 is 0 Å². The van der Waals surface area contributed by atoms with Gasteiger partial charge in [-0.1, -0.05) is 92.4 Å². The van der Waals surface area contributed by atoms with Crippen LogP contribution in [0.15, 0.2) is 102 Å². The van der Waals surface area contributed by atoms with Crippen LogP contribution in [-0.4, -0.2) is 54.0 Å². The molecule has 246 valence electrons. The minimum absolute atomic E-state index is 0.329. The van der Waals surface area contributed by atoms with Crippen LogP contribution in [0, 0.1) is 11.5 Å². The molecule has 0 radical (unpaired) electrons. The number of aromatic amines is 1. The number of aromatic nitrogens is 3. The molecule has 5 aromatic rings. The van der Waals surface area contributed by atoms with Crippen molar-refractivity contribution in [3.05, 3.63) is 130 Å². The smallest absolute Gasteiger partial charge is 0.348 e. The van der Waals surface area contributed by atoms with Crippen LogP contribution < -0.4 is 15.2 Å². The van der Waals surface area contributed by atoms with Gasteiger partial charge in [-0.3, -0.25) is 4.90 Å². The number of nitrogens with one attached hydrogen (secondary N) is 1. The Bertz CT molecular complexity index is 1920. The fourth-order valence-corrected chi connectivity index (χ4v) is 6.15. The monoisotopic (exact) mass is 658 g/mol. The normalized spacial score (nSPS) is 13.5. The first-order valence-electron chi connectivity index (χ1n) is 16.4. The summed E-state index contributed by atoms with van der Waals surface area (Å²) in [7, 11) is -1.61. The second kappa shape index (κ2) is 15.3. The summed E-state index contributed by atoms with van der Waals surface area (Å²) in [6.07, 6.45) is 0.491. The first-order chi connectivity index (χ1) is 23.3. The van der Waals surface area contributed by atoms with Crippen LogP contribution in [0.4, 0.5) is 0 Å². The molecule has 1 fully saturated rings. The standard InChI is InChI=1S/C39H42N4O4Si/c1-48(2,3)24-10-15-33-25-35(37(47-29-32-13-8-5-9-14-32)26-36(33)46-28-31-11-6-4-7-12-31)38-40-41-39(44)43(38)34-18-16-30(17-19-34)27-42-20-22-45-23-21-42/h4-9,11-14,16-19,25-26H,15,20-23,27-29H2,1-3H3,(H,41,44). The maximum absolute atomic E-state index is 13.3. The molecule has 0 bridgehead atoms. The SMILES string of the molecule is C[Si](C)(C)C#CCc1cc(-c2n[nH]c(=O)n2-c2ccc(CN3CCOCC3)cc2)c(OCc2ccccc2)cc1OCc1ccccc1. The van der Waals surface area contributed by atoms with Crippen molar-refractivity contribution in [2.45, 2.75) is 45.8 Å². The molecule has 1 saturated heterocycles. The van der Waals surface area contributed by atoms with Gasteiger partial charge in [0.15, 0.2) is 5.82 Å². The molecule has 1 aromatic heterocycles. The maximum Gasteiger partial charge on any atom is 0.348 e. The van der Waals surface area contributed by atoms with E-state index in [1.54, 1.807) is 4.57 Å². The van der Waals surface area contributed by atoms with Gasteiger partial charge < -0.3 is 14.2 Å². The van der Waals surface area contributed by atoms with Crippen molar-refractivity contribution < 1.29 is 14.2 Å². The molecular formula is C39H42N4O4Si. The van der Waals surface area contributed by atoms with Crippen molar-refractivity contribution in [2.24, 2.45) is 0 Å². The van der Waals surface area contributed by atoms with Gasteiger partial charge in [0.25, 0.3) is 0 Å². The van der Waals surface area contributed by atoms with Crippen LogP contribution in [0.1, 0.15) is 22.3 Å². The molecule has 0 unspecified atom stereocenters. The van der Waals surface area contributed by atoms with E-state index in [0.29, 0.717) is 48.2 Å². The Morgan fingerprint density at radius 1 is 0.812 bits per heavy atom. The van der Waals surface area contributed by atoms with E-state index in [2.05, 4.69) is 58.3 Å². The van der Waals surface area contributed by atoms with Gasteiger partial charge in [0, 0.05) is 37.7 Å². The van der Waals surface area contributed by atoms with Gasteiger partial charge in [-0.05, 0) is 34.9 Å². The zero-order valence-corrected chi connectivity index (χ0v) is 28.9. The van der Waals surface area contributed by atoms with Crippen molar-refractivity contribution in [3.8, 4) is 40.0 Å². The number of morpholine rings is 1. The van der Waals surface area contributed by atoms with E-state index >= 15 is 0 Å². The highest BCUT2D eigenvalue weighted by Gasteiger charge is 2.21. The van der Waals surface area contributed by atoms with Gasteiger partial charge in [0.05, 0.1) is 24.5 Å². The molecule has 4 aromatic carbocycles. The Hall–Kier alpha value is -4.88. The third-order valence-corrected chi connectivity index (χ3v) is 8.92. The molecule has 0 atom stereocenters. The van der Waals surface area contributed by atoms with Crippen molar-refractivity contribution in [2.75, 3.05) is 26.3 Å². The lowest BCUT2D eigenvalue weighted by Crippen LogP contribution is -2.35. The topological polar surface area (TPSA) is 81.6 Å². The highest BCUT2D eigenvalue weighted by Crippen LogP contribution is 2.37. The Kier molecular flexibility index (Phi) is 10.6. The first kappa shape index (κ1) is 33.0. The van der Waals surface area contributed by atoms with Gasteiger partial charge in [0.1, 0.15) is 32.8 Å². The summed E-state index contributed by atoms with van der Waals surface area (Å²) >= 11 is 0. The number of hydrogen-bond acceptors (Lipinski definition) is 6. The van der Waals surface area contributed by atoms with Crippen molar-refractivity contribution >= 4 is 8.07 Å². The van der Waals surface area contributed by atoms with E-state index in [4.69, 9.17) is 14.2 Å². The molecule has 2 heterocycles. The summed E-state index contributed by atoms with van der Waals surface area (Å²) in [5.41, 5.74) is 8.71. The van der Waals surface area contributed by atoms with E-state index in [1.165, 1.54) is 5.56 Å². The van der Waals surface area contributed by atoms with Gasteiger partial charge in [-0.15, -0.1) is 11.5 Å². The van der Waals surface area contributed by atoms with Crippen molar-refractivity contribution in [1.29, 1.82) is 0 Å². The molecule has 0 amide bonds. The summed E-state index contributed by atoms with van der Waals surface area (Å²) in [5, 5.41) is 7.22. The molecule has 6 rings (SSSR count). The lowest BCUT2D eigenvalue weighted by molar-refractivity contribution is 0.0342. The Balaban J connectivity index is 1.40. The van der Waals surface area contributed by atoms with Crippen LogP contribution in [0.25, 0.3) is 17.1 Å². The Morgan fingerprint density at radius 3 is 2.06 bits per heavy atom. The summed E-state index contributed by atoms with van der Waals surface area (Å²) in [6, 6.07) is 32.1. The van der Waals surface area contributed by atoms with Gasteiger partial charge in [-0.2, -0.15) is 5.10 Å². The molecule has 0 saturated carbocycles. The summed E-state index contributed by atoms with van der Waals surface area (Å²) in [5.74, 6) is 5.12. The average Bonchev–Trinajstić information content (AvgIpc) is 3.48. The van der Waals surface area contributed by atoms with E-state index < -0.39 is 8.07 Å². The predicted molar refractivity (Wildman–Crippen MR) is 192 cm³/mol. The highest BCUT2D eigenvalue weighted by molar-refractivity contribution is 6.83. The van der Waals surface area contributed by atoms with E-state index in [1.807, 2.05) is 84.9 Å². The number of ether oxygens (including phenoxy) is 3. The van der Waals surface area contributed by atoms with Crippen molar-refractivity contribution in [1.82, 2.24) is 19.7 Å². The fraction of sp³-hybridized carbons (Fsp3) is 0.282. The second-order valence-corrected chi connectivity index (χ2v) is 17.7. The molecule has 0 spiro atoms. The minimum atomic E-state index is -1.61. The molecule has 9 heteroatoms. The molecule has 1 N–H and O–H groups in total.